The van der Waals surface area contributed by atoms with Gasteiger partial charge in [0, 0.05) is 17.4 Å². The Morgan fingerprint density at radius 2 is 1.00 bits per heavy atom. The maximum Gasteiger partial charge on any atom is 0.317 e. The Hall–Kier alpha value is -1.10. The van der Waals surface area contributed by atoms with Crippen LogP contribution in [0, 0.1) is 0 Å². The molecule has 0 rings (SSSR count). The Bertz CT molecular complexity index is 192. The first kappa shape index (κ1) is 15.4. The minimum Gasteiger partial charge on any atom is -0.480 e. The molecule has 80 valence electrons. The van der Waals surface area contributed by atoms with Crippen molar-refractivity contribution >= 4 is 17.9 Å². The largest absolute Gasteiger partial charge is 0.480 e. The van der Waals surface area contributed by atoms with Crippen molar-refractivity contribution < 1.29 is 47.1 Å². The number of nitrogens with zero attached hydrogens (tertiary/aromatic N) is 1. The molecular formula is C6H9CrNO6. The summed E-state index contributed by atoms with van der Waals surface area (Å²) < 4.78 is 0. The number of aliphatic carboxylic acids is 3. The van der Waals surface area contributed by atoms with Crippen LogP contribution in [-0.4, -0.2) is 57.8 Å². The van der Waals surface area contributed by atoms with Crippen LogP contribution in [0.15, 0.2) is 0 Å². The molecule has 0 aliphatic rings. The maximum absolute atomic E-state index is 10.1. The summed E-state index contributed by atoms with van der Waals surface area (Å²) in [7, 11) is 0. The number of carboxylic acid groups (broad SMARTS) is 3. The average Bonchev–Trinajstić information content (AvgIpc) is 1.80. The van der Waals surface area contributed by atoms with Gasteiger partial charge in [0.2, 0.25) is 0 Å². The summed E-state index contributed by atoms with van der Waals surface area (Å²) >= 11 is 0. The van der Waals surface area contributed by atoms with Gasteiger partial charge in [-0.05, 0) is 0 Å². The zero-order valence-electron chi connectivity index (χ0n) is 7.04. The van der Waals surface area contributed by atoms with Gasteiger partial charge in [-0.25, -0.2) is 0 Å². The van der Waals surface area contributed by atoms with Gasteiger partial charge >= 0.3 is 17.9 Å². The quantitative estimate of drug-likeness (QED) is 0.522. The van der Waals surface area contributed by atoms with Crippen LogP contribution in [0.2, 0.25) is 0 Å². The van der Waals surface area contributed by atoms with E-state index in [4.69, 9.17) is 15.3 Å². The fourth-order valence-corrected chi connectivity index (χ4v) is 0.742. The van der Waals surface area contributed by atoms with Gasteiger partial charge in [-0.3, -0.25) is 19.3 Å². The van der Waals surface area contributed by atoms with E-state index >= 15 is 0 Å². The number of carbonyl (C=O) groups is 3. The molecular weight excluding hydrogens is 234 g/mol. The third kappa shape index (κ3) is 8.99. The molecule has 0 atom stereocenters. The summed E-state index contributed by atoms with van der Waals surface area (Å²) in [6, 6.07) is 0. The molecule has 0 heterocycles. The first-order chi connectivity index (χ1) is 5.91. The molecule has 0 saturated carbocycles. The van der Waals surface area contributed by atoms with Crippen LogP contribution in [0.25, 0.3) is 0 Å². The second-order valence-electron chi connectivity index (χ2n) is 2.33. The van der Waals surface area contributed by atoms with E-state index in [1.807, 2.05) is 0 Å². The molecule has 0 fully saturated rings. The van der Waals surface area contributed by atoms with Crippen LogP contribution in [0.4, 0.5) is 0 Å². The van der Waals surface area contributed by atoms with Crippen molar-refractivity contribution in [2.45, 2.75) is 0 Å². The monoisotopic (exact) mass is 243 g/mol. The van der Waals surface area contributed by atoms with Crippen LogP contribution in [-0.2, 0) is 31.7 Å². The van der Waals surface area contributed by atoms with Gasteiger partial charge in [0.1, 0.15) is 0 Å². The van der Waals surface area contributed by atoms with Crippen molar-refractivity contribution in [1.82, 2.24) is 4.90 Å². The Morgan fingerprint density at radius 3 is 1.14 bits per heavy atom. The Labute approximate surface area is 90.1 Å². The van der Waals surface area contributed by atoms with Crippen molar-refractivity contribution in [2.75, 3.05) is 19.6 Å². The molecule has 8 heteroatoms. The van der Waals surface area contributed by atoms with Crippen molar-refractivity contribution in [2.24, 2.45) is 0 Å². The minimum atomic E-state index is -1.26. The van der Waals surface area contributed by atoms with Gasteiger partial charge < -0.3 is 15.3 Å². The van der Waals surface area contributed by atoms with Crippen LogP contribution in [0.5, 0.6) is 0 Å². The van der Waals surface area contributed by atoms with Gasteiger partial charge in [0.15, 0.2) is 0 Å². The van der Waals surface area contributed by atoms with Gasteiger partial charge in [-0.15, -0.1) is 0 Å². The predicted octanol–water partition coefficient (Wildman–Crippen LogP) is -1.46. The van der Waals surface area contributed by atoms with E-state index < -0.39 is 37.5 Å². The van der Waals surface area contributed by atoms with Gasteiger partial charge in [-0.1, -0.05) is 0 Å². The molecule has 3 N–H and O–H groups in total. The first-order valence-electron chi connectivity index (χ1n) is 3.29. The summed E-state index contributed by atoms with van der Waals surface area (Å²) in [5, 5.41) is 24.8. The number of rotatable bonds is 6. The van der Waals surface area contributed by atoms with E-state index in [1.54, 1.807) is 0 Å². The van der Waals surface area contributed by atoms with Gasteiger partial charge in [0.05, 0.1) is 19.6 Å². The van der Waals surface area contributed by atoms with Crippen LogP contribution in [0.3, 0.4) is 0 Å². The molecule has 0 aliphatic carbocycles. The molecule has 0 aromatic carbocycles. The van der Waals surface area contributed by atoms with E-state index in [-0.39, 0.29) is 17.4 Å². The zero-order valence-corrected chi connectivity index (χ0v) is 8.32. The van der Waals surface area contributed by atoms with E-state index in [1.165, 1.54) is 0 Å². The molecule has 0 amide bonds. The smallest absolute Gasteiger partial charge is 0.317 e. The molecule has 0 bridgehead atoms. The van der Waals surface area contributed by atoms with E-state index in [2.05, 4.69) is 0 Å². The second-order valence-corrected chi connectivity index (χ2v) is 2.33. The standard InChI is InChI=1S/C6H9NO6.Cr/c8-4(9)1-7(2-5(10)11)3-6(12)13;/h1-3H2,(H,8,9)(H,10,11)(H,12,13);. The zero-order chi connectivity index (χ0) is 10.4. The molecule has 14 heavy (non-hydrogen) atoms. The van der Waals surface area contributed by atoms with Crippen molar-refractivity contribution in [3.63, 3.8) is 0 Å². The summed E-state index contributed by atoms with van der Waals surface area (Å²) in [4.78, 5) is 31.2. The molecule has 7 nitrogen and oxygen atoms in total. The molecule has 0 saturated heterocycles. The Balaban J connectivity index is 0. The first-order valence-corrected chi connectivity index (χ1v) is 3.29. The van der Waals surface area contributed by atoms with Gasteiger partial charge in [0.25, 0.3) is 0 Å². The molecule has 0 spiro atoms. The Kier molecular flexibility index (Phi) is 8.04. The van der Waals surface area contributed by atoms with Crippen LogP contribution >= 0.6 is 0 Å². The average molecular weight is 243 g/mol. The number of carboxylic acids is 3. The Morgan fingerprint density at radius 1 is 0.786 bits per heavy atom. The second kappa shape index (κ2) is 7.32. The van der Waals surface area contributed by atoms with Crippen LogP contribution < -0.4 is 0 Å². The van der Waals surface area contributed by atoms with Crippen LogP contribution in [0.1, 0.15) is 0 Å². The molecule has 0 aromatic rings. The fraction of sp³-hybridized carbons (Fsp3) is 0.500. The third-order valence-corrected chi connectivity index (χ3v) is 1.08. The number of hydrogen-bond acceptors (Lipinski definition) is 4. The topological polar surface area (TPSA) is 115 Å². The van der Waals surface area contributed by atoms with Crippen molar-refractivity contribution in [1.29, 1.82) is 0 Å². The van der Waals surface area contributed by atoms with Crippen molar-refractivity contribution in [3.8, 4) is 0 Å². The summed E-state index contributed by atoms with van der Waals surface area (Å²) in [5.74, 6) is -3.78. The predicted molar refractivity (Wildman–Crippen MR) is 39.3 cm³/mol. The maximum atomic E-state index is 10.1. The van der Waals surface area contributed by atoms with Crippen molar-refractivity contribution in [3.05, 3.63) is 0 Å². The summed E-state index contributed by atoms with van der Waals surface area (Å²) in [5.41, 5.74) is 0. The van der Waals surface area contributed by atoms with Gasteiger partial charge in [-0.2, -0.15) is 0 Å². The summed E-state index contributed by atoms with van der Waals surface area (Å²) in [6.45, 7) is -1.80. The normalized spacial score (nSPS) is 9.21. The van der Waals surface area contributed by atoms with E-state index in [0.29, 0.717) is 0 Å². The SMILES string of the molecule is O=C(O)CN(CC(=O)O)CC(=O)O.[Cr]. The molecule has 0 aliphatic heterocycles. The minimum absolute atomic E-state index is 0. The van der Waals surface area contributed by atoms with E-state index in [9.17, 15) is 14.4 Å². The number of hydrogen-bond donors (Lipinski definition) is 3. The van der Waals surface area contributed by atoms with E-state index in [0.717, 1.165) is 4.90 Å². The third-order valence-electron chi connectivity index (χ3n) is 1.08. The fourth-order valence-electron chi connectivity index (χ4n) is 0.742. The molecule has 0 unspecified atom stereocenters. The molecule has 0 aromatic heterocycles. The molecule has 0 radical (unpaired) electrons. The summed E-state index contributed by atoms with van der Waals surface area (Å²) in [6.07, 6.45) is 0.